The number of hydrogen-bond donors (Lipinski definition) is 1. The summed E-state index contributed by atoms with van der Waals surface area (Å²) < 4.78 is 22.0. The fourth-order valence-electron chi connectivity index (χ4n) is 2.72. The largest absolute Gasteiger partial charge is 0.495 e. The van der Waals surface area contributed by atoms with Gasteiger partial charge in [0.25, 0.3) is 5.91 Å². The van der Waals surface area contributed by atoms with Crippen molar-refractivity contribution in [1.82, 2.24) is 0 Å². The van der Waals surface area contributed by atoms with Gasteiger partial charge in [-0.15, -0.1) is 0 Å². The molecule has 2 rings (SSSR count). The van der Waals surface area contributed by atoms with E-state index in [-0.39, 0.29) is 5.56 Å². The number of nitrogens with one attached hydrogen (secondary N) is 1. The quantitative estimate of drug-likeness (QED) is 0.555. The average Bonchev–Trinajstić information content (AvgIpc) is 2.73. The Morgan fingerprint density at radius 3 is 2.32 bits per heavy atom. The number of anilines is 1. The van der Waals surface area contributed by atoms with Crippen LogP contribution in [0.4, 0.5) is 5.69 Å². The maximum absolute atomic E-state index is 12.6. The van der Waals surface area contributed by atoms with Crippen molar-refractivity contribution in [3.63, 3.8) is 0 Å². The Morgan fingerprint density at radius 1 is 0.968 bits per heavy atom. The molecule has 0 saturated carbocycles. The molecule has 1 unspecified atom stereocenters. The van der Waals surface area contributed by atoms with E-state index in [4.69, 9.17) is 18.9 Å². The van der Waals surface area contributed by atoms with E-state index in [1.807, 2.05) is 33.8 Å². The third-order valence-electron chi connectivity index (χ3n) is 4.32. The average molecular weight is 430 g/mol. The Kier molecular flexibility index (Phi) is 8.73. The van der Waals surface area contributed by atoms with Gasteiger partial charge in [-0.25, -0.2) is 4.79 Å². The molecule has 1 amide bonds. The number of rotatable bonds is 10. The summed E-state index contributed by atoms with van der Waals surface area (Å²) in [5.74, 6) is 0.805. The minimum Gasteiger partial charge on any atom is -0.495 e. The molecule has 7 heteroatoms. The lowest BCUT2D eigenvalue weighted by molar-refractivity contribution is -0.123. The van der Waals surface area contributed by atoms with Crippen molar-refractivity contribution < 1.29 is 28.5 Å². The number of carbonyl (C=O) groups excluding carboxylic acids is 2. The molecule has 0 heterocycles. The Hall–Kier alpha value is -3.22. The van der Waals surface area contributed by atoms with E-state index in [2.05, 4.69) is 5.32 Å². The molecule has 168 valence electrons. The molecule has 2 aromatic carbocycles. The van der Waals surface area contributed by atoms with Gasteiger partial charge in [0.1, 0.15) is 5.75 Å². The van der Waals surface area contributed by atoms with Crippen LogP contribution in [0, 0.1) is 12.8 Å². The van der Waals surface area contributed by atoms with Crippen molar-refractivity contribution in [3.05, 3.63) is 47.5 Å². The normalized spacial score (nSPS) is 11.6. The number of methoxy groups -OCH3 is 1. The second kappa shape index (κ2) is 11.2. The minimum absolute atomic E-state index is 0.271. The third-order valence-corrected chi connectivity index (χ3v) is 4.32. The number of aryl methyl sites for hydroxylation is 1. The molecule has 1 N–H and O–H groups in total. The molecule has 7 nitrogen and oxygen atoms in total. The maximum atomic E-state index is 12.6. The van der Waals surface area contributed by atoms with Crippen LogP contribution in [0.3, 0.4) is 0 Å². The molecule has 0 aliphatic carbocycles. The Labute approximate surface area is 183 Å². The Bertz CT molecular complexity index is 909. The smallest absolute Gasteiger partial charge is 0.339 e. The first-order valence-corrected chi connectivity index (χ1v) is 10.3. The second-order valence-corrected chi connectivity index (χ2v) is 7.54. The predicted octanol–water partition coefficient (Wildman–Crippen LogP) is 4.62. The SMILES string of the molecule is CCOc1cc(C(=O)OC(C)C(=O)Nc2cc(C)ccc2OC)ccc1OCC(C)C. The van der Waals surface area contributed by atoms with Gasteiger partial charge in [0.05, 0.1) is 31.6 Å². The lowest BCUT2D eigenvalue weighted by Crippen LogP contribution is -2.30. The summed E-state index contributed by atoms with van der Waals surface area (Å²) in [6.07, 6.45) is -1.01. The molecule has 1 atom stereocenters. The number of esters is 1. The van der Waals surface area contributed by atoms with E-state index < -0.39 is 18.0 Å². The predicted molar refractivity (Wildman–Crippen MR) is 119 cm³/mol. The first-order valence-electron chi connectivity index (χ1n) is 10.3. The molecule has 2 aromatic rings. The van der Waals surface area contributed by atoms with E-state index in [0.717, 1.165) is 5.56 Å². The number of benzene rings is 2. The van der Waals surface area contributed by atoms with E-state index in [9.17, 15) is 9.59 Å². The first-order chi connectivity index (χ1) is 14.7. The summed E-state index contributed by atoms with van der Waals surface area (Å²) in [5, 5.41) is 2.74. The zero-order valence-corrected chi connectivity index (χ0v) is 19.0. The van der Waals surface area contributed by atoms with Crippen LogP contribution in [0.1, 0.15) is 43.6 Å². The van der Waals surface area contributed by atoms with Crippen molar-refractivity contribution in [2.24, 2.45) is 5.92 Å². The Balaban J connectivity index is 2.08. The lowest BCUT2D eigenvalue weighted by atomic mass is 10.2. The molecule has 0 aliphatic heterocycles. The fourth-order valence-corrected chi connectivity index (χ4v) is 2.72. The molecule has 0 spiro atoms. The van der Waals surface area contributed by atoms with Crippen LogP contribution < -0.4 is 19.5 Å². The van der Waals surface area contributed by atoms with Gasteiger partial charge in [-0.2, -0.15) is 0 Å². The second-order valence-electron chi connectivity index (χ2n) is 7.54. The molecular formula is C24H31NO6. The first kappa shape index (κ1) is 24.1. The summed E-state index contributed by atoms with van der Waals surface area (Å²) in [5.41, 5.74) is 1.75. The van der Waals surface area contributed by atoms with E-state index >= 15 is 0 Å². The van der Waals surface area contributed by atoms with Crippen LogP contribution >= 0.6 is 0 Å². The molecule has 31 heavy (non-hydrogen) atoms. The van der Waals surface area contributed by atoms with Gasteiger partial charge in [-0.1, -0.05) is 19.9 Å². The van der Waals surface area contributed by atoms with Crippen molar-refractivity contribution in [3.8, 4) is 17.2 Å². The minimum atomic E-state index is -1.01. The van der Waals surface area contributed by atoms with Gasteiger partial charge in [0, 0.05) is 0 Å². The van der Waals surface area contributed by atoms with Gasteiger partial charge in [-0.05, 0) is 62.6 Å². The monoisotopic (exact) mass is 429 g/mol. The van der Waals surface area contributed by atoms with E-state index in [1.54, 1.807) is 30.3 Å². The molecule has 0 radical (unpaired) electrons. The summed E-state index contributed by atoms with van der Waals surface area (Å²) in [6, 6.07) is 10.3. The zero-order chi connectivity index (χ0) is 23.0. The molecular weight excluding hydrogens is 398 g/mol. The van der Waals surface area contributed by atoms with Crippen molar-refractivity contribution in [2.75, 3.05) is 25.6 Å². The Morgan fingerprint density at radius 2 is 1.68 bits per heavy atom. The van der Waals surface area contributed by atoms with Crippen molar-refractivity contribution >= 4 is 17.6 Å². The molecule has 0 fully saturated rings. The number of ether oxygens (including phenoxy) is 4. The molecule has 0 aliphatic rings. The highest BCUT2D eigenvalue weighted by Crippen LogP contribution is 2.30. The maximum Gasteiger partial charge on any atom is 0.339 e. The van der Waals surface area contributed by atoms with Gasteiger partial charge >= 0.3 is 5.97 Å². The number of amides is 1. The van der Waals surface area contributed by atoms with Gasteiger partial charge in [-0.3, -0.25) is 4.79 Å². The third kappa shape index (κ3) is 6.91. The van der Waals surface area contributed by atoms with Crippen LogP contribution in [-0.4, -0.2) is 38.3 Å². The van der Waals surface area contributed by atoms with E-state index in [1.165, 1.54) is 14.0 Å². The van der Waals surface area contributed by atoms with Crippen LogP contribution in [0.5, 0.6) is 17.2 Å². The zero-order valence-electron chi connectivity index (χ0n) is 19.0. The molecule has 0 aromatic heterocycles. The lowest BCUT2D eigenvalue weighted by Gasteiger charge is -2.17. The highest BCUT2D eigenvalue weighted by atomic mass is 16.5. The highest BCUT2D eigenvalue weighted by Gasteiger charge is 2.21. The summed E-state index contributed by atoms with van der Waals surface area (Å²) >= 11 is 0. The van der Waals surface area contributed by atoms with Gasteiger partial charge < -0.3 is 24.3 Å². The number of hydrogen-bond acceptors (Lipinski definition) is 6. The summed E-state index contributed by atoms with van der Waals surface area (Å²) in [4.78, 5) is 25.1. The van der Waals surface area contributed by atoms with Crippen LogP contribution in [0.15, 0.2) is 36.4 Å². The highest BCUT2D eigenvalue weighted by molar-refractivity contribution is 5.98. The summed E-state index contributed by atoms with van der Waals surface area (Å²) in [6.45, 7) is 10.3. The molecule has 0 bridgehead atoms. The number of carbonyl (C=O) groups is 2. The van der Waals surface area contributed by atoms with E-state index in [0.29, 0.717) is 42.1 Å². The van der Waals surface area contributed by atoms with Gasteiger partial charge in [0.2, 0.25) is 0 Å². The van der Waals surface area contributed by atoms with Gasteiger partial charge in [0.15, 0.2) is 17.6 Å². The topological polar surface area (TPSA) is 83.1 Å². The standard InChI is InChI=1S/C24H31NO6/c1-7-29-22-13-18(9-11-21(22)30-14-15(2)3)24(27)31-17(5)23(26)25-19-12-16(4)8-10-20(19)28-6/h8-13,15,17H,7,14H2,1-6H3,(H,25,26). The van der Waals surface area contributed by atoms with Crippen LogP contribution in [0.25, 0.3) is 0 Å². The van der Waals surface area contributed by atoms with Crippen LogP contribution in [0.2, 0.25) is 0 Å². The van der Waals surface area contributed by atoms with Crippen molar-refractivity contribution in [2.45, 2.75) is 40.7 Å². The summed E-state index contributed by atoms with van der Waals surface area (Å²) in [7, 11) is 1.52. The fraction of sp³-hybridized carbons (Fsp3) is 0.417. The van der Waals surface area contributed by atoms with Crippen LogP contribution in [-0.2, 0) is 9.53 Å². The van der Waals surface area contributed by atoms with Crippen molar-refractivity contribution in [1.29, 1.82) is 0 Å². The molecule has 0 saturated heterocycles.